The molecule has 1 N–H and O–H groups in total. The Hall–Kier alpha value is -2.93. The zero-order valence-electron chi connectivity index (χ0n) is 18.2. The van der Waals surface area contributed by atoms with E-state index in [4.69, 9.17) is 30.5 Å². The van der Waals surface area contributed by atoms with Crippen LogP contribution >= 0.6 is 11.6 Å². The summed E-state index contributed by atoms with van der Waals surface area (Å²) in [5.41, 5.74) is 1.76. The summed E-state index contributed by atoms with van der Waals surface area (Å²) in [6.07, 6.45) is -0.270. The number of halogens is 1. The van der Waals surface area contributed by atoms with Gasteiger partial charge in [-0.3, -0.25) is 9.59 Å². The van der Waals surface area contributed by atoms with E-state index in [9.17, 15) is 9.59 Å². The first-order valence-electron chi connectivity index (χ1n) is 9.91. The van der Waals surface area contributed by atoms with Crippen LogP contribution in [0.25, 0.3) is 0 Å². The number of rotatable bonds is 11. The fourth-order valence-corrected chi connectivity index (χ4v) is 3.03. The molecular formula is C23H28ClNO6. The highest BCUT2D eigenvalue weighted by atomic mass is 35.5. The van der Waals surface area contributed by atoms with Gasteiger partial charge < -0.3 is 24.3 Å². The number of nitrogens with one attached hydrogen (secondary N) is 1. The van der Waals surface area contributed by atoms with Gasteiger partial charge in [0.15, 0.2) is 17.6 Å². The zero-order chi connectivity index (χ0) is 22.8. The maximum absolute atomic E-state index is 12.2. The van der Waals surface area contributed by atoms with Crippen molar-refractivity contribution < 1.29 is 28.5 Å². The molecule has 2 aromatic carbocycles. The summed E-state index contributed by atoms with van der Waals surface area (Å²) in [4.78, 5) is 24.2. The summed E-state index contributed by atoms with van der Waals surface area (Å²) >= 11 is 5.92. The highest BCUT2D eigenvalue weighted by molar-refractivity contribution is 6.30. The van der Waals surface area contributed by atoms with Crippen LogP contribution in [-0.4, -0.2) is 38.8 Å². The van der Waals surface area contributed by atoms with Gasteiger partial charge in [0.2, 0.25) is 0 Å². The highest BCUT2D eigenvalue weighted by Gasteiger charge is 2.17. The molecule has 1 amide bonds. The topological polar surface area (TPSA) is 83.1 Å². The van der Waals surface area contributed by atoms with E-state index >= 15 is 0 Å². The van der Waals surface area contributed by atoms with Gasteiger partial charge in [0.1, 0.15) is 5.75 Å². The summed E-state index contributed by atoms with van der Waals surface area (Å²) in [5.74, 6) is 1.07. The molecule has 0 aliphatic carbocycles. The Kier molecular flexibility index (Phi) is 9.46. The zero-order valence-corrected chi connectivity index (χ0v) is 19.0. The van der Waals surface area contributed by atoms with Gasteiger partial charge in [-0.2, -0.15) is 0 Å². The van der Waals surface area contributed by atoms with Crippen molar-refractivity contribution in [2.75, 3.05) is 20.8 Å². The molecule has 7 nitrogen and oxygen atoms in total. The van der Waals surface area contributed by atoms with Crippen LogP contribution in [0, 0.1) is 6.92 Å². The number of esters is 1. The third-order valence-electron chi connectivity index (χ3n) is 4.51. The molecule has 2 aromatic rings. The smallest absolute Gasteiger partial charge is 0.306 e. The van der Waals surface area contributed by atoms with Crippen molar-refractivity contribution in [1.29, 1.82) is 0 Å². The lowest BCUT2D eigenvalue weighted by Crippen LogP contribution is -2.35. The van der Waals surface area contributed by atoms with Crippen LogP contribution in [0.3, 0.4) is 0 Å². The molecule has 0 bridgehead atoms. The maximum atomic E-state index is 12.2. The molecule has 0 spiro atoms. The molecular weight excluding hydrogens is 422 g/mol. The molecule has 0 heterocycles. The predicted molar refractivity (Wildman–Crippen MR) is 118 cm³/mol. The molecule has 1 atom stereocenters. The van der Waals surface area contributed by atoms with Crippen LogP contribution in [0.15, 0.2) is 36.4 Å². The molecule has 0 saturated carbocycles. The lowest BCUT2D eigenvalue weighted by molar-refractivity contribution is -0.155. The SMILES string of the molecule is COc1ccc(CNC(=O)C(C)OC(=O)CCCOc2ccc(Cl)cc2C)cc1OC. The van der Waals surface area contributed by atoms with Gasteiger partial charge in [-0.15, -0.1) is 0 Å². The van der Waals surface area contributed by atoms with E-state index < -0.39 is 12.1 Å². The highest BCUT2D eigenvalue weighted by Crippen LogP contribution is 2.27. The molecule has 0 aliphatic rings. The van der Waals surface area contributed by atoms with E-state index in [0.717, 1.165) is 16.9 Å². The monoisotopic (exact) mass is 449 g/mol. The Balaban J connectivity index is 1.71. The first kappa shape index (κ1) is 24.3. The van der Waals surface area contributed by atoms with E-state index in [1.807, 2.05) is 19.1 Å². The van der Waals surface area contributed by atoms with E-state index in [1.165, 1.54) is 6.92 Å². The minimum Gasteiger partial charge on any atom is -0.493 e. The Morgan fingerprint density at radius 1 is 1.03 bits per heavy atom. The maximum Gasteiger partial charge on any atom is 0.306 e. The second kappa shape index (κ2) is 12.1. The van der Waals surface area contributed by atoms with Crippen LogP contribution in [0.4, 0.5) is 0 Å². The van der Waals surface area contributed by atoms with Crippen LogP contribution < -0.4 is 19.5 Å². The number of aryl methyl sites for hydroxylation is 1. The predicted octanol–water partition coefficient (Wildman–Crippen LogP) is 4.07. The van der Waals surface area contributed by atoms with Gasteiger partial charge >= 0.3 is 5.97 Å². The van der Waals surface area contributed by atoms with Gasteiger partial charge in [-0.25, -0.2) is 0 Å². The summed E-state index contributed by atoms with van der Waals surface area (Å²) in [6.45, 7) is 4.07. The number of methoxy groups -OCH3 is 2. The first-order chi connectivity index (χ1) is 14.8. The average molecular weight is 450 g/mol. The summed E-state index contributed by atoms with van der Waals surface area (Å²) in [5, 5.41) is 3.39. The fraction of sp³-hybridized carbons (Fsp3) is 0.391. The Morgan fingerprint density at radius 3 is 2.42 bits per heavy atom. The minimum atomic E-state index is -0.896. The van der Waals surface area contributed by atoms with Gasteiger partial charge in [0, 0.05) is 18.0 Å². The van der Waals surface area contributed by atoms with Crippen molar-refractivity contribution in [3.05, 3.63) is 52.5 Å². The van der Waals surface area contributed by atoms with Crippen molar-refractivity contribution in [2.45, 2.75) is 39.3 Å². The molecule has 2 rings (SSSR count). The number of ether oxygens (including phenoxy) is 4. The Labute approximate surface area is 187 Å². The van der Waals surface area contributed by atoms with Gasteiger partial charge in [-0.05, 0) is 61.7 Å². The minimum absolute atomic E-state index is 0.153. The molecule has 0 aliphatic heterocycles. The second-order valence-corrected chi connectivity index (χ2v) is 7.34. The van der Waals surface area contributed by atoms with E-state index in [0.29, 0.717) is 29.5 Å². The Bertz CT molecular complexity index is 902. The van der Waals surface area contributed by atoms with Crippen LogP contribution in [0.1, 0.15) is 30.9 Å². The summed E-state index contributed by atoms with van der Waals surface area (Å²) < 4.78 is 21.3. The summed E-state index contributed by atoms with van der Waals surface area (Å²) in [7, 11) is 3.10. The van der Waals surface area contributed by atoms with Gasteiger partial charge in [0.25, 0.3) is 5.91 Å². The van der Waals surface area contributed by atoms with Crippen molar-refractivity contribution in [2.24, 2.45) is 0 Å². The molecule has 31 heavy (non-hydrogen) atoms. The average Bonchev–Trinajstić information content (AvgIpc) is 2.75. The standard InChI is InChI=1S/C23H28ClNO6/c1-15-12-18(24)8-10-19(15)30-11-5-6-22(26)31-16(2)23(27)25-14-17-7-9-20(28-3)21(13-17)29-4/h7-10,12-13,16H,5-6,11,14H2,1-4H3,(H,25,27). The van der Waals surface area contributed by atoms with Gasteiger partial charge in [0.05, 0.1) is 20.8 Å². The molecule has 1 unspecified atom stereocenters. The number of hydrogen-bond donors (Lipinski definition) is 1. The first-order valence-corrected chi connectivity index (χ1v) is 10.3. The largest absolute Gasteiger partial charge is 0.493 e. The third kappa shape index (κ3) is 7.68. The molecule has 8 heteroatoms. The fourth-order valence-electron chi connectivity index (χ4n) is 2.81. The lowest BCUT2D eigenvalue weighted by Gasteiger charge is -2.14. The number of carbonyl (C=O) groups is 2. The number of hydrogen-bond acceptors (Lipinski definition) is 6. The van der Waals surface area contributed by atoms with E-state index in [1.54, 1.807) is 38.5 Å². The van der Waals surface area contributed by atoms with E-state index in [2.05, 4.69) is 5.32 Å². The van der Waals surface area contributed by atoms with Crippen LogP contribution in [0.5, 0.6) is 17.2 Å². The Morgan fingerprint density at radius 2 is 1.74 bits per heavy atom. The van der Waals surface area contributed by atoms with Crippen molar-refractivity contribution in [3.8, 4) is 17.2 Å². The molecule has 0 fully saturated rings. The van der Waals surface area contributed by atoms with Crippen LogP contribution in [0.2, 0.25) is 5.02 Å². The van der Waals surface area contributed by atoms with Crippen molar-refractivity contribution >= 4 is 23.5 Å². The summed E-state index contributed by atoms with van der Waals surface area (Å²) in [6, 6.07) is 10.7. The molecule has 0 aromatic heterocycles. The molecule has 0 saturated heterocycles. The lowest BCUT2D eigenvalue weighted by atomic mass is 10.2. The number of amides is 1. The normalized spacial score (nSPS) is 11.4. The number of carbonyl (C=O) groups excluding carboxylic acids is 2. The van der Waals surface area contributed by atoms with Crippen molar-refractivity contribution in [1.82, 2.24) is 5.32 Å². The van der Waals surface area contributed by atoms with E-state index in [-0.39, 0.29) is 18.9 Å². The molecule has 0 radical (unpaired) electrons. The third-order valence-corrected chi connectivity index (χ3v) is 4.75. The van der Waals surface area contributed by atoms with Crippen molar-refractivity contribution in [3.63, 3.8) is 0 Å². The van der Waals surface area contributed by atoms with Gasteiger partial charge in [-0.1, -0.05) is 17.7 Å². The number of benzene rings is 2. The quantitative estimate of drug-likeness (QED) is 0.411. The molecule has 168 valence electrons. The second-order valence-electron chi connectivity index (χ2n) is 6.90. The van der Waals surface area contributed by atoms with Crippen LogP contribution in [-0.2, 0) is 20.9 Å².